The smallest absolute Gasteiger partial charge is 0.134 e. The Labute approximate surface area is 100 Å². The Bertz CT molecular complexity index is 504. The first kappa shape index (κ1) is 11.4. The summed E-state index contributed by atoms with van der Waals surface area (Å²) in [5.41, 5.74) is 2.19. The highest BCUT2D eigenvalue weighted by Gasteiger charge is 2.10. The average molecular weight is 238 g/mol. The average Bonchev–Trinajstić information content (AvgIpc) is 2.64. The van der Waals surface area contributed by atoms with Gasteiger partial charge in [0, 0.05) is 18.0 Å². The summed E-state index contributed by atoms with van der Waals surface area (Å²) < 4.78 is 1.82. The standard InChI is InChI=1S/C12H16ClN3/c1-4-16-12(13)10-6-5-9(8(2)14-3)7-11(10)15-16/h5-8,14H,4H2,1-3H3. The molecule has 0 aliphatic carbocycles. The first-order valence-electron chi connectivity index (χ1n) is 5.50. The van der Waals surface area contributed by atoms with Gasteiger partial charge in [0.2, 0.25) is 0 Å². The van der Waals surface area contributed by atoms with E-state index in [9.17, 15) is 0 Å². The first-order valence-corrected chi connectivity index (χ1v) is 5.88. The van der Waals surface area contributed by atoms with Crippen LogP contribution in [0.4, 0.5) is 0 Å². The molecule has 1 aromatic carbocycles. The predicted molar refractivity (Wildman–Crippen MR) is 67.9 cm³/mol. The van der Waals surface area contributed by atoms with Crippen LogP contribution in [-0.4, -0.2) is 16.8 Å². The van der Waals surface area contributed by atoms with E-state index in [4.69, 9.17) is 11.6 Å². The second-order valence-electron chi connectivity index (χ2n) is 3.89. The van der Waals surface area contributed by atoms with E-state index in [2.05, 4.69) is 29.5 Å². The van der Waals surface area contributed by atoms with Crippen LogP contribution < -0.4 is 5.32 Å². The maximum Gasteiger partial charge on any atom is 0.134 e. The van der Waals surface area contributed by atoms with E-state index in [-0.39, 0.29) is 0 Å². The fraction of sp³-hybridized carbons (Fsp3) is 0.417. The van der Waals surface area contributed by atoms with Crippen molar-refractivity contribution in [1.82, 2.24) is 15.1 Å². The van der Waals surface area contributed by atoms with Gasteiger partial charge in [-0.3, -0.25) is 4.68 Å². The van der Waals surface area contributed by atoms with E-state index >= 15 is 0 Å². The summed E-state index contributed by atoms with van der Waals surface area (Å²) in [5.74, 6) is 0. The molecule has 1 N–H and O–H groups in total. The van der Waals surface area contributed by atoms with E-state index in [1.165, 1.54) is 5.56 Å². The monoisotopic (exact) mass is 237 g/mol. The SMILES string of the molecule is CCn1nc2cc(C(C)NC)ccc2c1Cl. The van der Waals surface area contributed by atoms with E-state index in [1.54, 1.807) is 0 Å². The number of benzene rings is 1. The van der Waals surface area contributed by atoms with Gasteiger partial charge < -0.3 is 5.32 Å². The molecule has 0 spiro atoms. The maximum atomic E-state index is 6.21. The number of halogens is 1. The lowest BCUT2D eigenvalue weighted by Gasteiger charge is -2.09. The molecule has 0 bridgehead atoms. The van der Waals surface area contributed by atoms with E-state index in [0.717, 1.165) is 22.6 Å². The molecule has 0 saturated heterocycles. The molecule has 3 nitrogen and oxygen atoms in total. The van der Waals surface area contributed by atoms with E-state index in [1.807, 2.05) is 24.7 Å². The maximum absolute atomic E-state index is 6.21. The molecule has 0 aliphatic heterocycles. The summed E-state index contributed by atoms with van der Waals surface area (Å²) in [7, 11) is 1.95. The van der Waals surface area contributed by atoms with Crippen molar-refractivity contribution in [2.45, 2.75) is 26.4 Å². The molecule has 0 radical (unpaired) electrons. The number of nitrogens with one attached hydrogen (secondary N) is 1. The summed E-state index contributed by atoms with van der Waals surface area (Å²) in [4.78, 5) is 0. The summed E-state index contributed by atoms with van der Waals surface area (Å²) in [6.45, 7) is 4.96. The molecule has 2 rings (SSSR count). The van der Waals surface area contributed by atoms with Gasteiger partial charge in [-0.2, -0.15) is 5.10 Å². The fourth-order valence-electron chi connectivity index (χ4n) is 1.76. The highest BCUT2D eigenvalue weighted by molar-refractivity contribution is 6.34. The number of fused-ring (bicyclic) bond motifs is 1. The highest BCUT2D eigenvalue weighted by atomic mass is 35.5. The lowest BCUT2D eigenvalue weighted by atomic mass is 10.1. The molecule has 1 unspecified atom stereocenters. The Balaban J connectivity index is 2.54. The van der Waals surface area contributed by atoms with Crippen LogP contribution in [0.3, 0.4) is 0 Å². The van der Waals surface area contributed by atoms with Crippen LogP contribution in [0, 0.1) is 0 Å². The Morgan fingerprint density at radius 2 is 2.25 bits per heavy atom. The number of hydrogen-bond donors (Lipinski definition) is 1. The van der Waals surface area contributed by atoms with Crippen molar-refractivity contribution in [2.24, 2.45) is 0 Å². The number of hydrogen-bond acceptors (Lipinski definition) is 2. The second kappa shape index (κ2) is 4.44. The van der Waals surface area contributed by atoms with Gasteiger partial charge in [-0.25, -0.2) is 0 Å². The molecule has 0 aliphatic rings. The summed E-state index contributed by atoms with van der Waals surface area (Å²) in [6.07, 6.45) is 0. The minimum absolute atomic E-state index is 0.329. The number of nitrogens with zero attached hydrogens (tertiary/aromatic N) is 2. The molecule has 1 heterocycles. The molecule has 4 heteroatoms. The van der Waals surface area contributed by atoms with Crippen molar-refractivity contribution in [3.8, 4) is 0 Å². The summed E-state index contributed by atoms with van der Waals surface area (Å²) in [5, 5.41) is 9.43. The van der Waals surface area contributed by atoms with Crippen molar-refractivity contribution >= 4 is 22.5 Å². The zero-order valence-corrected chi connectivity index (χ0v) is 10.5. The molecule has 16 heavy (non-hydrogen) atoms. The van der Waals surface area contributed by atoms with Gasteiger partial charge in [-0.05, 0) is 38.6 Å². The third-order valence-electron chi connectivity index (χ3n) is 2.93. The number of aryl methyl sites for hydroxylation is 1. The van der Waals surface area contributed by atoms with Gasteiger partial charge >= 0.3 is 0 Å². The number of rotatable bonds is 3. The van der Waals surface area contributed by atoms with Crippen molar-refractivity contribution in [3.63, 3.8) is 0 Å². The van der Waals surface area contributed by atoms with Gasteiger partial charge in [-0.15, -0.1) is 0 Å². The van der Waals surface area contributed by atoms with Crippen LogP contribution in [0.2, 0.25) is 5.15 Å². The van der Waals surface area contributed by atoms with Crippen molar-refractivity contribution < 1.29 is 0 Å². The Hall–Kier alpha value is -1.06. The van der Waals surface area contributed by atoms with Gasteiger partial charge in [0.1, 0.15) is 5.15 Å². The molecule has 0 fully saturated rings. The van der Waals surface area contributed by atoms with Crippen molar-refractivity contribution in [3.05, 3.63) is 28.9 Å². The summed E-state index contributed by atoms with van der Waals surface area (Å²) in [6, 6.07) is 6.56. The van der Waals surface area contributed by atoms with Gasteiger partial charge in [-0.1, -0.05) is 17.7 Å². The van der Waals surface area contributed by atoms with Crippen LogP contribution in [0.1, 0.15) is 25.5 Å². The van der Waals surface area contributed by atoms with Crippen LogP contribution in [0.5, 0.6) is 0 Å². The third-order valence-corrected chi connectivity index (χ3v) is 3.33. The Morgan fingerprint density at radius 1 is 1.50 bits per heavy atom. The summed E-state index contributed by atoms with van der Waals surface area (Å²) >= 11 is 6.21. The predicted octanol–water partition coefficient (Wildman–Crippen LogP) is 2.99. The van der Waals surface area contributed by atoms with Crippen LogP contribution in [-0.2, 0) is 6.54 Å². The van der Waals surface area contributed by atoms with Crippen LogP contribution in [0.25, 0.3) is 10.9 Å². The minimum atomic E-state index is 0.329. The second-order valence-corrected chi connectivity index (χ2v) is 4.25. The lowest BCUT2D eigenvalue weighted by Crippen LogP contribution is -2.11. The lowest BCUT2D eigenvalue weighted by molar-refractivity contribution is 0.651. The van der Waals surface area contributed by atoms with Crippen LogP contribution in [0.15, 0.2) is 18.2 Å². The fourth-order valence-corrected chi connectivity index (χ4v) is 2.08. The zero-order chi connectivity index (χ0) is 11.7. The van der Waals surface area contributed by atoms with E-state index < -0.39 is 0 Å². The molecule has 1 atom stereocenters. The van der Waals surface area contributed by atoms with Crippen molar-refractivity contribution in [1.29, 1.82) is 0 Å². The molecular weight excluding hydrogens is 222 g/mol. The largest absolute Gasteiger partial charge is 0.313 e. The Morgan fingerprint density at radius 3 is 2.88 bits per heavy atom. The van der Waals surface area contributed by atoms with Crippen LogP contribution >= 0.6 is 11.6 Å². The third kappa shape index (κ3) is 1.81. The minimum Gasteiger partial charge on any atom is -0.313 e. The molecule has 0 amide bonds. The molecule has 86 valence electrons. The van der Waals surface area contributed by atoms with Crippen molar-refractivity contribution in [2.75, 3.05) is 7.05 Å². The molecule has 1 aromatic heterocycles. The molecule has 2 aromatic rings. The topological polar surface area (TPSA) is 29.9 Å². The molecular formula is C12H16ClN3. The quantitative estimate of drug-likeness (QED) is 0.890. The zero-order valence-electron chi connectivity index (χ0n) is 9.79. The first-order chi connectivity index (χ1) is 7.67. The van der Waals surface area contributed by atoms with E-state index in [0.29, 0.717) is 6.04 Å². The van der Waals surface area contributed by atoms with Gasteiger partial charge in [0.15, 0.2) is 0 Å². The Kier molecular flexibility index (Phi) is 3.17. The number of aromatic nitrogens is 2. The highest BCUT2D eigenvalue weighted by Crippen LogP contribution is 2.25. The normalized spacial score (nSPS) is 13.2. The van der Waals surface area contributed by atoms with Gasteiger partial charge in [0.25, 0.3) is 0 Å². The van der Waals surface area contributed by atoms with Gasteiger partial charge in [0.05, 0.1) is 5.52 Å². The molecule has 0 saturated carbocycles.